The Labute approximate surface area is 129 Å². The molecule has 3 rings (SSSR count). The third-order valence-electron chi connectivity index (χ3n) is 3.64. The highest BCUT2D eigenvalue weighted by atomic mass is 32.2. The summed E-state index contributed by atoms with van der Waals surface area (Å²) in [6.45, 7) is 1.89. The van der Waals surface area contributed by atoms with Crippen LogP contribution in [-0.4, -0.2) is 25.7 Å². The van der Waals surface area contributed by atoms with Crippen LogP contribution in [0, 0.1) is 6.92 Å². The number of allylic oxidation sites excluding steroid dienone is 2. The average molecular weight is 317 g/mol. The minimum Gasteiger partial charge on any atom is -0.450 e. The van der Waals surface area contributed by atoms with Gasteiger partial charge in [-0.15, -0.1) is 0 Å². The largest absolute Gasteiger partial charge is 0.450 e. The lowest BCUT2D eigenvalue weighted by atomic mass is 9.94. The molecular formula is C16H15NO4S. The van der Waals surface area contributed by atoms with Gasteiger partial charge in [0.25, 0.3) is 10.0 Å². The number of carbonyl (C=O) groups is 1. The van der Waals surface area contributed by atoms with Gasteiger partial charge in [-0.2, -0.15) is 12.8 Å². The topological polar surface area (TPSA) is 72.8 Å². The smallest absolute Gasteiger partial charge is 0.307 e. The summed E-state index contributed by atoms with van der Waals surface area (Å²) >= 11 is 0. The van der Waals surface area contributed by atoms with Gasteiger partial charge >= 0.3 is 5.97 Å². The molecule has 0 radical (unpaired) electrons. The van der Waals surface area contributed by atoms with Crippen LogP contribution in [0.2, 0.25) is 0 Å². The van der Waals surface area contributed by atoms with Crippen LogP contribution in [0.4, 0.5) is 0 Å². The first-order chi connectivity index (χ1) is 10.4. The lowest BCUT2D eigenvalue weighted by Crippen LogP contribution is -2.25. The van der Waals surface area contributed by atoms with E-state index in [0.29, 0.717) is 18.6 Å². The molecule has 6 heteroatoms. The highest BCUT2D eigenvalue weighted by Gasteiger charge is 2.37. The van der Waals surface area contributed by atoms with Gasteiger partial charge in [-0.1, -0.05) is 17.7 Å². The van der Waals surface area contributed by atoms with E-state index >= 15 is 0 Å². The first-order valence-electron chi connectivity index (χ1n) is 6.91. The van der Waals surface area contributed by atoms with Gasteiger partial charge in [0.2, 0.25) is 0 Å². The summed E-state index contributed by atoms with van der Waals surface area (Å²) in [4.78, 5) is 11.4. The Bertz CT molecular complexity index is 785. The van der Waals surface area contributed by atoms with Crippen molar-refractivity contribution >= 4 is 21.7 Å². The molecule has 2 aliphatic rings. The van der Waals surface area contributed by atoms with Crippen LogP contribution >= 0.6 is 0 Å². The number of hydrogen-bond donors (Lipinski definition) is 0. The minimum atomic E-state index is -3.74. The summed E-state index contributed by atoms with van der Waals surface area (Å²) in [6, 6.07) is 6.52. The quantitative estimate of drug-likeness (QED) is 0.785. The van der Waals surface area contributed by atoms with Gasteiger partial charge < -0.3 is 4.74 Å². The number of ether oxygens (including phenoxy) is 1. The van der Waals surface area contributed by atoms with Crippen molar-refractivity contribution in [3.63, 3.8) is 0 Å². The molecule has 0 aromatic heterocycles. The van der Waals surface area contributed by atoms with E-state index in [1.54, 1.807) is 36.4 Å². The normalized spacial score (nSPS) is 23.9. The Morgan fingerprint density at radius 1 is 1.14 bits per heavy atom. The zero-order valence-corrected chi connectivity index (χ0v) is 12.8. The molecule has 5 nitrogen and oxygen atoms in total. The lowest BCUT2D eigenvalue weighted by molar-refractivity contribution is -0.142. The zero-order chi connectivity index (χ0) is 15.8. The first-order valence-corrected chi connectivity index (χ1v) is 8.35. The van der Waals surface area contributed by atoms with Crippen LogP contribution in [0.3, 0.4) is 0 Å². The van der Waals surface area contributed by atoms with Crippen LogP contribution in [0.1, 0.15) is 18.4 Å². The third-order valence-corrected chi connectivity index (χ3v) is 4.96. The predicted octanol–water partition coefficient (Wildman–Crippen LogP) is 2.33. The SMILES string of the molecule is Cc1ccc(S(=O)(=O)N=C2C=CC3(C=C2)CCC(=O)O3)cc1. The molecule has 0 bridgehead atoms. The summed E-state index contributed by atoms with van der Waals surface area (Å²) in [5.41, 5.74) is 0.562. The molecule has 0 amide bonds. The second kappa shape index (κ2) is 5.21. The van der Waals surface area contributed by atoms with Crippen LogP contribution < -0.4 is 0 Å². The maximum absolute atomic E-state index is 12.2. The van der Waals surface area contributed by atoms with E-state index in [2.05, 4.69) is 4.40 Å². The van der Waals surface area contributed by atoms with E-state index in [4.69, 9.17) is 4.74 Å². The Morgan fingerprint density at radius 2 is 1.77 bits per heavy atom. The third kappa shape index (κ3) is 2.87. The Morgan fingerprint density at radius 3 is 2.32 bits per heavy atom. The average Bonchev–Trinajstić information content (AvgIpc) is 2.83. The Balaban J connectivity index is 1.85. The molecule has 1 aromatic carbocycles. The van der Waals surface area contributed by atoms with E-state index < -0.39 is 15.6 Å². The maximum atomic E-state index is 12.2. The van der Waals surface area contributed by atoms with E-state index in [9.17, 15) is 13.2 Å². The molecule has 22 heavy (non-hydrogen) atoms. The minimum absolute atomic E-state index is 0.153. The maximum Gasteiger partial charge on any atom is 0.307 e. The van der Waals surface area contributed by atoms with Crippen LogP contribution in [-0.2, 0) is 19.6 Å². The van der Waals surface area contributed by atoms with E-state index in [0.717, 1.165) is 5.56 Å². The van der Waals surface area contributed by atoms with Crippen LogP contribution in [0.15, 0.2) is 57.9 Å². The molecule has 114 valence electrons. The van der Waals surface area contributed by atoms with E-state index in [1.807, 2.05) is 6.92 Å². The molecule has 1 spiro atoms. The highest BCUT2D eigenvalue weighted by Crippen LogP contribution is 2.31. The monoisotopic (exact) mass is 317 g/mol. The van der Waals surface area contributed by atoms with Crippen molar-refractivity contribution in [2.75, 3.05) is 0 Å². The van der Waals surface area contributed by atoms with Gasteiger partial charge in [0.05, 0.1) is 10.6 Å². The fourth-order valence-corrected chi connectivity index (χ4v) is 3.36. The highest BCUT2D eigenvalue weighted by molar-refractivity contribution is 7.90. The number of nitrogens with zero attached hydrogens (tertiary/aromatic N) is 1. The number of benzene rings is 1. The Hall–Kier alpha value is -2.21. The van der Waals surface area contributed by atoms with Crippen molar-refractivity contribution < 1.29 is 17.9 Å². The molecule has 0 unspecified atom stereocenters. The number of esters is 1. The van der Waals surface area contributed by atoms with Crippen molar-refractivity contribution in [2.45, 2.75) is 30.3 Å². The summed E-state index contributed by atoms with van der Waals surface area (Å²) in [5, 5.41) is 0. The predicted molar refractivity (Wildman–Crippen MR) is 82.1 cm³/mol. The van der Waals surface area contributed by atoms with Crippen LogP contribution in [0.25, 0.3) is 0 Å². The van der Waals surface area contributed by atoms with E-state index in [-0.39, 0.29) is 10.9 Å². The summed E-state index contributed by atoms with van der Waals surface area (Å²) < 4.78 is 33.5. The van der Waals surface area contributed by atoms with Crippen molar-refractivity contribution in [2.24, 2.45) is 4.40 Å². The number of carbonyl (C=O) groups excluding carboxylic acids is 1. The van der Waals surface area contributed by atoms with Crippen molar-refractivity contribution in [1.29, 1.82) is 0 Å². The molecular weight excluding hydrogens is 302 g/mol. The number of rotatable bonds is 2. The number of aryl methyl sites for hydroxylation is 1. The molecule has 1 aliphatic carbocycles. The fourth-order valence-electron chi connectivity index (χ4n) is 2.37. The summed E-state index contributed by atoms with van der Waals surface area (Å²) in [6.07, 6.45) is 7.44. The molecule has 0 N–H and O–H groups in total. The van der Waals surface area contributed by atoms with Gasteiger partial charge in [0, 0.05) is 12.8 Å². The number of hydrogen-bond acceptors (Lipinski definition) is 4. The molecule has 0 saturated carbocycles. The van der Waals surface area contributed by atoms with Gasteiger partial charge in [0.1, 0.15) is 5.60 Å². The molecule has 1 saturated heterocycles. The van der Waals surface area contributed by atoms with E-state index in [1.165, 1.54) is 12.1 Å². The van der Waals surface area contributed by atoms with Gasteiger partial charge in [-0.3, -0.25) is 4.79 Å². The van der Waals surface area contributed by atoms with Gasteiger partial charge in [-0.25, -0.2) is 0 Å². The standard InChI is InChI=1S/C16H15NO4S/c1-12-2-4-14(5-3-12)22(19,20)17-13-6-9-16(10-7-13)11-8-15(18)21-16/h2-7,9-10H,8,11H2,1H3. The molecule has 1 heterocycles. The fraction of sp³-hybridized carbons (Fsp3) is 0.250. The van der Waals surface area contributed by atoms with Gasteiger partial charge in [-0.05, 0) is 43.4 Å². The van der Waals surface area contributed by atoms with Crippen molar-refractivity contribution in [3.05, 3.63) is 54.1 Å². The lowest BCUT2D eigenvalue weighted by Gasteiger charge is -2.21. The number of sulfonamides is 1. The van der Waals surface area contributed by atoms with Gasteiger partial charge in [0.15, 0.2) is 0 Å². The summed E-state index contributed by atoms with van der Waals surface area (Å²) in [5.74, 6) is -0.248. The molecule has 1 aromatic rings. The second-order valence-electron chi connectivity index (χ2n) is 5.40. The summed E-state index contributed by atoms with van der Waals surface area (Å²) in [7, 11) is -3.74. The van der Waals surface area contributed by atoms with Crippen LogP contribution in [0.5, 0.6) is 0 Å². The van der Waals surface area contributed by atoms with Crippen molar-refractivity contribution in [3.8, 4) is 0 Å². The molecule has 1 aliphatic heterocycles. The first kappa shape index (κ1) is 14.7. The second-order valence-corrected chi connectivity index (χ2v) is 7.00. The molecule has 1 fully saturated rings. The molecule has 0 atom stereocenters. The zero-order valence-electron chi connectivity index (χ0n) is 12.0. The van der Waals surface area contributed by atoms with Crippen molar-refractivity contribution in [1.82, 2.24) is 0 Å². The Kier molecular flexibility index (Phi) is 3.48.